The van der Waals surface area contributed by atoms with E-state index >= 15 is 0 Å². The molecule has 0 radical (unpaired) electrons. The highest BCUT2D eigenvalue weighted by molar-refractivity contribution is 5.20. The first-order valence-electron chi connectivity index (χ1n) is 5.87. The maximum atomic E-state index is 10.1. The van der Waals surface area contributed by atoms with Gasteiger partial charge in [0.05, 0.1) is 12.7 Å². The summed E-state index contributed by atoms with van der Waals surface area (Å²) < 4.78 is 5.05. The van der Waals surface area contributed by atoms with Crippen molar-refractivity contribution in [1.82, 2.24) is 10.3 Å². The van der Waals surface area contributed by atoms with Crippen LogP contribution in [-0.2, 0) is 6.54 Å². The second-order valence-corrected chi connectivity index (χ2v) is 4.82. The minimum Gasteiger partial charge on any atom is -0.481 e. The minimum atomic E-state index is -0.683. The van der Waals surface area contributed by atoms with Gasteiger partial charge in [-0.2, -0.15) is 0 Å². The first-order valence-corrected chi connectivity index (χ1v) is 5.87. The summed E-state index contributed by atoms with van der Waals surface area (Å²) in [6.07, 6.45) is 1.72. The number of methoxy groups -OCH3 is 1. The summed E-state index contributed by atoms with van der Waals surface area (Å²) in [5.41, 5.74) is 0.410. The topological polar surface area (TPSA) is 54.4 Å². The van der Waals surface area contributed by atoms with E-state index in [-0.39, 0.29) is 5.92 Å². The molecule has 2 N–H and O–H groups in total. The third-order valence-corrected chi connectivity index (χ3v) is 3.06. The van der Waals surface area contributed by atoms with Gasteiger partial charge in [-0.05, 0) is 24.5 Å². The van der Waals surface area contributed by atoms with Crippen LogP contribution in [0.5, 0.6) is 5.88 Å². The first-order chi connectivity index (χ1) is 7.95. The van der Waals surface area contributed by atoms with Gasteiger partial charge in [0.2, 0.25) is 5.88 Å². The summed E-state index contributed by atoms with van der Waals surface area (Å²) in [6.45, 7) is 7.13. The van der Waals surface area contributed by atoms with Crippen LogP contribution < -0.4 is 10.1 Å². The molecule has 0 saturated heterocycles. The van der Waals surface area contributed by atoms with Gasteiger partial charge in [-0.25, -0.2) is 4.98 Å². The van der Waals surface area contributed by atoms with Gasteiger partial charge >= 0.3 is 0 Å². The van der Waals surface area contributed by atoms with Crippen molar-refractivity contribution in [3.8, 4) is 5.88 Å². The Morgan fingerprint density at radius 1 is 1.53 bits per heavy atom. The van der Waals surface area contributed by atoms with E-state index in [1.165, 1.54) is 0 Å². The molecule has 0 aromatic carbocycles. The normalized spacial score (nSPS) is 14.7. The zero-order valence-electron chi connectivity index (χ0n) is 11.0. The molecule has 0 amide bonds. The second kappa shape index (κ2) is 5.98. The van der Waals surface area contributed by atoms with E-state index in [2.05, 4.69) is 10.3 Å². The van der Waals surface area contributed by atoms with Crippen molar-refractivity contribution in [3.05, 3.63) is 23.9 Å². The Kier molecular flexibility index (Phi) is 4.90. The van der Waals surface area contributed by atoms with Gasteiger partial charge in [0.15, 0.2) is 0 Å². The van der Waals surface area contributed by atoms with Crippen LogP contribution in [-0.4, -0.2) is 29.3 Å². The summed E-state index contributed by atoms with van der Waals surface area (Å²) in [7, 11) is 1.60. The maximum Gasteiger partial charge on any atom is 0.213 e. The van der Waals surface area contributed by atoms with Crippen molar-refractivity contribution in [2.75, 3.05) is 13.7 Å². The molecule has 0 fully saturated rings. The van der Waals surface area contributed by atoms with E-state index in [1.54, 1.807) is 13.3 Å². The molecule has 4 heteroatoms. The number of hydrogen-bond acceptors (Lipinski definition) is 4. The van der Waals surface area contributed by atoms with Gasteiger partial charge in [0.1, 0.15) is 0 Å². The van der Waals surface area contributed by atoms with Crippen molar-refractivity contribution in [3.63, 3.8) is 0 Å². The van der Waals surface area contributed by atoms with Crippen LogP contribution in [0, 0.1) is 5.92 Å². The zero-order chi connectivity index (χ0) is 12.9. The number of ether oxygens (including phenoxy) is 1. The molecule has 0 spiro atoms. The maximum absolute atomic E-state index is 10.1. The van der Waals surface area contributed by atoms with Crippen LogP contribution in [0.3, 0.4) is 0 Å². The van der Waals surface area contributed by atoms with Crippen molar-refractivity contribution in [2.45, 2.75) is 32.9 Å². The van der Waals surface area contributed by atoms with Crippen molar-refractivity contribution in [2.24, 2.45) is 5.92 Å². The van der Waals surface area contributed by atoms with Crippen LogP contribution in [0.2, 0.25) is 0 Å². The molecule has 1 atom stereocenters. The van der Waals surface area contributed by atoms with Crippen LogP contribution in [0.25, 0.3) is 0 Å². The van der Waals surface area contributed by atoms with E-state index in [4.69, 9.17) is 4.74 Å². The molecule has 1 aromatic heterocycles. The number of pyridine rings is 1. The van der Waals surface area contributed by atoms with Gasteiger partial charge in [-0.1, -0.05) is 13.8 Å². The molecule has 0 aliphatic carbocycles. The van der Waals surface area contributed by atoms with Gasteiger partial charge in [0, 0.05) is 25.4 Å². The fourth-order valence-corrected chi connectivity index (χ4v) is 1.34. The van der Waals surface area contributed by atoms with Gasteiger partial charge < -0.3 is 15.2 Å². The Balaban J connectivity index is 2.45. The Hall–Kier alpha value is -1.13. The second-order valence-electron chi connectivity index (χ2n) is 4.82. The lowest BCUT2D eigenvalue weighted by atomic mass is 9.92. The predicted molar refractivity (Wildman–Crippen MR) is 68.0 cm³/mol. The highest BCUT2D eigenvalue weighted by atomic mass is 16.5. The van der Waals surface area contributed by atoms with Crippen LogP contribution in [0.4, 0.5) is 0 Å². The largest absolute Gasteiger partial charge is 0.481 e. The van der Waals surface area contributed by atoms with Gasteiger partial charge in [0.25, 0.3) is 0 Å². The molecule has 1 rings (SSSR count). The van der Waals surface area contributed by atoms with Gasteiger partial charge in [-0.3, -0.25) is 0 Å². The molecule has 0 saturated carbocycles. The number of nitrogens with one attached hydrogen (secondary N) is 1. The lowest BCUT2D eigenvalue weighted by Crippen LogP contribution is -2.41. The fraction of sp³-hybridized carbons (Fsp3) is 0.615. The number of aliphatic hydroxyl groups is 1. The lowest BCUT2D eigenvalue weighted by molar-refractivity contribution is 0.0140. The highest BCUT2D eigenvalue weighted by Crippen LogP contribution is 2.15. The van der Waals surface area contributed by atoms with Crippen molar-refractivity contribution < 1.29 is 9.84 Å². The molecular formula is C13H22N2O2. The average Bonchev–Trinajstić information content (AvgIpc) is 2.29. The smallest absolute Gasteiger partial charge is 0.213 e. The zero-order valence-corrected chi connectivity index (χ0v) is 11.0. The standard InChI is InChI=1S/C13H22N2O2/c1-10(2)13(3,16)9-14-8-11-5-6-15-12(7-11)17-4/h5-7,10,14,16H,8-9H2,1-4H3. The van der Waals surface area contributed by atoms with E-state index in [0.29, 0.717) is 19.0 Å². The molecule has 1 unspecified atom stereocenters. The molecule has 0 aliphatic heterocycles. The number of nitrogens with zero attached hydrogens (tertiary/aromatic N) is 1. The Bertz CT molecular complexity index is 351. The summed E-state index contributed by atoms with van der Waals surface area (Å²) in [5, 5.41) is 13.3. The van der Waals surface area contributed by atoms with Crippen LogP contribution in [0.1, 0.15) is 26.3 Å². The molecule has 4 nitrogen and oxygen atoms in total. The average molecular weight is 238 g/mol. The predicted octanol–water partition coefficient (Wildman–Crippen LogP) is 1.59. The SMILES string of the molecule is COc1cc(CNCC(C)(O)C(C)C)ccn1. The van der Waals surface area contributed by atoms with E-state index in [9.17, 15) is 5.11 Å². The molecule has 0 bridgehead atoms. The van der Waals surface area contributed by atoms with Crippen LogP contribution >= 0.6 is 0 Å². The fourth-order valence-electron chi connectivity index (χ4n) is 1.34. The van der Waals surface area contributed by atoms with Crippen molar-refractivity contribution >= 4 is 0 Å². The van der Waals surface area contributed by atoms with E-state index < -0.39 is 5.60 Å². The lowest BCUT2D eigenvalue weighted by Gasteiger charge is -2.28. The molecular weight excluding hydrogens is 216 g/mol. The Labute approximate surface area is 103 Å². The Morgan fingerprint density at radius 2 is 2.24 bits per heavy atom. The number of rotatable bonds is 6. The molecule has 1 heterocycles. The Morgan fingerprint density at radius 3 is 2.82 bits per heavy atom. The number of aromatic nitrogens is 1. The number of hydrogen-bond donors (Lipinski definition) is 2. The quantitative estimate of drug-likeness (QED) is 0.790. The minimum absolute atomic E-state index is 0.224. The molecule has 1 aromatic rings. The summed E-state index contributed by atoms with van der Waals surface area (Å²) >= 11 is 0. The molecule has 0 aliphatic rings. The van der Waals surface area contributed by atoms with E-state index in [1.807, 2.05) is 32.9 Å². The monoisotopic (exact) mass is 238 g/mol. The first kappa shape index (κ1) is 13.9. The van der Waals surface area contributed by atoms with Crippen LogP contribution in [0.15, 0.2) is 18.3 Å². The summed E-state index contributed by atoms with van der Waals surface area (Å²) in [5.74, 6) is 0.835. The summed E-state index contributed by atoms with van der Waals surface area (Å²) in [4.78, 5) is 4.04. The van der Waals surface area contributed by atoms with Crippen molar-refractivity contribution in [1.29, 1.82) is 0 Å². The highest BCUT2D eigenvalue weighted by Gasteiger charge is 2.23. The summed E-state index contributed by atoms with van der Waals surface area (Å²) in [6, 6.07) is 3.82. The van der Waals surface area contributed by atoms with E-state index in [0.717, 1.165) is 5.56 Å². The third kappa shape index (κ3) is 4.32. The third-order valence-electron chi connectivity index (χ3n) is 3.06. The van der Waals surface area contributed by atoms with Gasteiger partial charge in [-0.15, -0.1) is 0 Å². The molecule has 96 valence electrons. The molecule has 17 heavy (non-hydrogen) atoms.